The predicted molar refractivity (Wildman–Crippen MR) is 63.5 cm³/mol. The van der Waals surface area contributed by atoms with Gasteiger partial charge in [-0.2, -0.15) is 0 Å². The van der Waals surface area contributed by atoms with E-state index in [1.165, 1.54) is 24.9 Å². The molecule has 1 N–H and O–H groups in total. The van der Waals surface area contributed by atoms with Gasteiger partial charge in [0.1, 0.15) is 0 Å². The number of benzene rings is 1. The van der Waals surface area contributed by atoms with E-state index in [1.54, 1.807) is 0 Å². The van der Waals surface area contributed by atoms with Gasteiger partial charge in [-0.3, -0.25) is 0 Å². The van der Waals surface area contributed by atoms with Gasteiger partial charge in [0.05, 0.1) is 0 Å². The molecule has 14 heavy (non-hydrogen) atoms. The normalized spacial score (nSPS) is 26.7. The van der Waals surface area contributed by atoms with Crippen LogP contribution in [0.25, 0.3) is 0 Å². The van der Waals surface area contributed by atoms with E-state index in [4.69, 9.17) is 0 Å². The molecule has 1 aliphatic heterocycles. The van der Waals surface area contributed by atoms with Gasteiger partial charge in [-0.1, -0.05) is 28.1 Å². The van der Waals surface area contributed by atoms with Crippen LogP contribution in [-0.4, -0.2) is 12.1 Å². The molecule has 1 aromatic carbocycles. The van der Waals surface area contributed by atoms with Crippen LogP contribution in [0.1, 0.15) is 25.3 Å². The van der Waals surface area contributed by atoms with Crippen LogP contribution in [0.15, 0.2) is 28.7 Å². The second-order valence-corrected chi connectivity index (χ2v) is 5.31. The van der Waals surface area contributed by atoms with Crippen LogP contribution in [0.4, 0.5) is 0 Å². The minimum Gasteiger partial charge on any atom is -0.311 e. The van der Waals surface area contributed by atoms with E-state index >= 15 is 0 Å². The average molecular weight is 254 g/mol. The van der Waals surface area contributed by atoms with Crippen molar-refractivity contribution in [2.75, 3.05) is 6.54 Å². The van der Waals surface area contributed by atoms with Gasteiger partial charge in [-0.15, -0.1) is 0 Å². The third kappa shape index (κ3) is 2.37. The summed E-state index contributed by atoms with van der Waals surface area (Å²) >= 11 is 3.46. The number of rotatable bonds is 2. The van der Waals surface area contributed by atoms with Gasteiger partial charge in [0, 0.05) is 10.0 Å². The Balaban J connectivity index is 2.06. The molecule has 76 valence electrons. The maximum Gasteiger partial charge on any atom is 0.0194 e. The number of hydrogen-bond donors (Lipinski definition) is 1. The maximum atomic E-state index is 3.58. The first kappa shape index (κ1) is 10.2. The zero-order valence-corrected chi connectivity index (χ0v) is 10.1. The predicted octanol–water partition coefficient (Wildman–Crippen LogP) is 3.13. The lowest BCUT2D eigenvalue weighted by Gasteiger charge is -2.24. The first-order valence-corrected chi connectivity index (χ1v) is 5.97. The van der Waals surface area contributed by atoms with Crippen LogP contribution in [0.2, 0.25) is 0 Å². The van der Waals surface area contributed by atoms with E-state index in [-0.39, 0.29) is 0 Å². The topological polar surface area (TPSA) is 12.0 Å². The summed E-state index contributed by atoms with van der Waals surface area (Å²) in [6.07, 6.45) is 3.75. The highest BCUT2D eigenvalue weighted by molar-refractivity contribution is 9.10. The second-order valence-electron chi connectivity index (χ2n) is 4.39. The molecule has 1 atom stereocenters. The Hall–Kier alpha value is -0.340. The molecule has 1 aliphatic rings. The van der Waals surface area contributed by atoms with Crippen molar-refractivity contribution in [2.24, 2.45) is 0 Å². The SMILES string of the molecule is C[C@]1(Cc2ccc(Br)cc2)CCCN1. The Morgan fingerprint density at radius 1 is 1.36 bits per heavy atom. The summed E-state index contributed by atoms with van der Waals surface area (Å²) in [7, 11) is 0. The molecule has 0 bridgehead atoms. The molecule has 0 aliphatic carbocycles. The minimum atomic E-state index is 0.327. The van der Waals surface area contributed by atoms with Gasteiger partial charge >= 0.3 is 0 Å². The zero-order chi connectivity index (χ0) is 10.0. The zero-order valence-electron chi connectivity index (χ0n) is 8.52. The Labute approximate surface area is 94.0 Å². The molecule has 0 saturated carbocycles. The van der Waals surface area contributed by atoms with Crippen molar-refractivity contribution in [3.05, 3.63) is 34.3 Å². The quantitative estimate of drug-likeness (QED) is 0.854. The van der Waals surface area contributed by atoms with Crippen molar-refractivity contribution in [3.63, 3.8) is 0 Å². The first-order chi connectivity index (χ1) is 6.68. The monoisotopic (exact) mass is 253 g/mol. The molecule has 0 unspecified atom stereocenters. The standard InChI is InChI=1S/C12H16BrN/c1-12(7-2-8-14-12)9-10-3-5-11(13)6-4-10/h3-6,14H,2,7-9H2,1H3/t12-/m1/s1. The number of hydrogen-bond acceptors (Lipinski definition) is 1. The molecule has 0 radical (unpaired) electrons. The van der Waals surface area contributed by atoms with Crippen molar-refractivity contribution < 1.29 is 0 Å². The fourth-order valence-electron chi connectivity index (χ4n) is 2.16. The van der Waals surface area contributed by atoms with Crippen LogP contribution >= 0.6 is 15.9 Å². The highest BCUT2D eigenvalue weighted by Gasteiger charge is 2.27. The lowest BCUT2D eigenvalue weighted by atomic mass is 9.91. The van der Waals surface area contributed by atoms with Crippen molar-refractivity contribution in [1.82, 2.24) is 5.32 Å². The van der Waals surface area contributed by atoms with Crippen LogP contribution in [0.3, 0.4) is 0 Å². The lowest BCUT2D eigenvalue weighted by molar-refractivity contribution is 0.412. The van der Waals surface area contributed by atoms with E-state index < -0.39 is 0 Å². The van der Waals surface area contributed by atoms with Crippen LogP contribution in [-0.2, 0) is 6.42 Å². The summed E-state index contributed by atoms with van der Waals surface area (Å²) in [5, 5.41) is 3.58. The highest BCUT2D eigenvalue weighted by Crippen LogP contribution is 2.24. The summed E-state index contributed by atoms with van der Waals surface area (Å²) in [6.45, 7) is 3.50. The van der Waals surface area contributed by atoms with Crippen LogP contribution in [0, 0.1) is 0 Å². The van der Waals surface area contributed by atoms with Gasteiger partial charge in [-0.25, -0.2) is 0 Å². The molecular formula is C12H16BrN. The van der Waals surface area contributed by atoms with E-state index in [9.17, 15) is 0 Å². The van der Waals surface area contributed by atoms with Crippen molar-refractivity contribution in [3.8, 4) is 0 Å². The van der Waals surface area contributed by atoms with Gasteiger partial charge in [0.25, 0.3) is 0 Å². The maximum absolute atomic E-state index is 3.58. The van der Waals surface area contributed by atoms with Crippen molar-refractivity contribution >= 4 is 15.9 Å². The summed E-state index contributed by atoms with van der Waals surface area (Å²) in [5.74, 6) is 0. The molecule has 1 aromatic rings. The summed E-state index contributed by atoms with van der Waals surface area (Å²) in [4.78, 5) is 0. The second kappa shape index (κ2) is 4.03. The van der Waals surface area contributed by atoms with Gasteiger partial charge in [0.15, 0.2) is 0 Å². The number of nitrogens with one attached hydrogen (secondary N) is 1. The van der Waals surface area contributed by atoms with E-state index in [1.807, 2.05) is 0 Å². The lowest BCUT2D eigenvalue weighted by Crippen LogP contribution is -2.38. The fraction of sp³-hybridized carbons (Fsp3) is 0.500. The molecular weight excluding hydrogens is 238 g/mol. The molecule has 1 heterocycles. The van der Waals surface area contributed by atoms with E-state index in [0.717, 1.165) is 10.9 Å². The minimum absolute atomic E-state index is 0.327. The molecule has 2 heteroatoms. The molecule has 0 amide bonds. The number of halogens is 1. The summed E-state index contributed by atoms with van der Waals surface area (Å²) in [6, 6.07) is 8.64. The van der Waals surface area contributed by atoms with Crippen molar-refractivity contribution in [2.45, 2.75) is 31.7 Å². The van der Waals surface area contributed by atoms with Gasteiger partial charge in [-0.05, 0) is 50.4 Å². The largest absolute Gasteiger partial charge is 0.311 e. The molecule has 0 spiro atoms. The Morgan fingerprint density at radius 2 is 2.07 bits per heavy atom. The Kier molecular flexibility index (Phi) is 2.93. The smallest absolute Gasteiger partial charge is 0.0194 e. The van der Waals surface area contributed by atoms with E-state index in [0.29, 0.717) is 5.54 Å². The van der Waals surface area contributed by atoms with Crippen LogP contribution in [0.5, 0.6) is 0 Å². The van der Waals surface area contributed by atoms with Crippen molar-refractivity contribution in [1.29, 1.82) is 0 Å². The van der Waals surface area contributed by atoms with Gasteiger partial charge < -0.3 is 5.32 Å². The molecule has 1 nitrogen and oxygen atoms in total. The van der Waals surface area contributed by atoms with Gasteiger partial charge in [0.2, 0.25) is 0 Å². The molecule has 2 rings (SSSR count). The molecule has 1 saturated heterocycles. The third-order valence-electron chi connectivity index (χ3n) is 2.96. The summed E-state index contributed by atoms with van der Waals surface area (Å²) in [5.41, 5.74) is 1.75. The molecule has 0 aromatic heterocycles. The Bertz CT molecular complexity index is 299. The average Bonchev–Trinajstić information content (AvgIpc) is 2.57. The van der Waals surface area contributed by atoms with Crippen LogP contribution < -0.4 is 5.32 Å². The first-order valence-electron chi connectivity index (χ1n) is 5.17. The highest BCUT2D eigenvalue weighted by atomic mass is 79.9. The summed E-state index contributed by atoms with van der Waals surface area (Å²) < 4.78 is 1.16. The van der Waals surface area contributed by atoms with E-state index in [2.05, 4.69) is 52.4 Å². The fourth-order valence-corrected chi connectivity index (χ4v) is 2.43. The third-order valence-corrected chi connectivity index (χ3v) is 3.49. The molecule has 1 fully saturated rings. The Morgan fingerprint density at radius 3 is 2.64 bits per heavy atom.